The molecule has 7 rings (SSSR count). The highest BCUT2D eigenvalue weighted by Gasteiger charge is 2.43. The first kappa shape index (κ1) is 33.5. The fourth-order valence-electron chi connectivity index (χ4n) is 6.69. The van der Waals surface area contributed by atoms with Crippen molar-refractivity contribution in [2.45, 2.75) is 81.9 Å². The fraction of sp³-hybridized carbons (Fsp3) is 0.333. The number of ether oxygens (including phenoxy) is 1. The van der Waals surface area contributed by atoms with Gasteiger partial charge in [0.25, 0.3) is 11.8 Å². The van der Waals surface area contributed by atoms with Gasteiger partial charge in [-0.15, -0.1) is 0 Å². The zero-order valence-corrected chi connectivity index (χ0v) is 27.2. The Labute approximate surface area is 283 Å². The molecule has 0 unspecified atom stereocenters. The van der Waals surface area contributed by atoms with Crippen LogP contribution in [0.1, 0.15) is 90.9 Å². The van der Waals surface area contributed by atoms with Crippen LogP contribution in [0, 0.1) is 0 Å². The second kappa shape index (κ2) is 14.8. The van der Waals surface area contributed by atoms with E-state index in [-0.39, 0.29) is 30.0 Å². The van der Waals surface area contributed by atoms with Crippen LogP contribution in [0.2, 0.25) is 0 Å². The van der Waals surface area contributed by atoms with Crippen LogP contribution in [-0.4, -0.2) is 39.9 Å². The summed E-state index contributed by atoms with van der Waals surface area (Å²) in [6, 6.07) is 27.7. The van der Waals surface area contributed by atoms with E-state index in [1.54, 1.807) is 18.2 Å². The number of nitrogens with one attached hydrogen (secondary N) is 2. The van der Waals surface area contributed by atoms with Crippen molar-refractivity contribution in [2.75, 3.05) is 0 Å². The predicted octanol–water partition coefficient (Wildman–Crippen LogP) is 7.56. The van der Waals surface area contributed by atoms with Gasteiger partial charge in [0.1, 0.15) is 28.9 Å². The summed E-state index contributed by atoms with van der Waals surface area (Å²) < 4.78 is 16.7. The molecule has 10 heteroatoms. The number of para-hydroxylation sites is 2. The Morgan fingerprint density at radius 3 is 1.55 bits per heavy atom. The summed E-state index contributed by atoms with van der Waals surface area (Å²) in [5.41, 5.74) is 0.0373. The molecule has 3 N–H and O–H groups in total. The van der Waals surface area contributed by atoms with Crippen molar-refractivity contribution in [1.82, 2.24) is 10.6 Å². The van der Waals surface area contributed by atoms with E-state index in [0.29, 0.717) is 36.8 Å². The molecule has 10 nitrogen and oxygen atoms in total. The number of hydrogen-bond acceptors (Lipinski definition) is 7. The summed E-state index contributed by atoms with van der Waals surface area (Å²) in [6.45, 7) is 0.196. The van der Waals surface area contributed by atoms with Crippen LogP contribution in [0.3, 0.4) is 0 Å². The van der Waals surface area contributed by atoms with Crippen molar-refractivity contribution in [2.24, 2.45) is 0 Å². The van der Waals surface area contributed by atoms with Gasteiger partial charge in [-0.1, -0.05) is 105 Å². The molecule has 49 heavy (non-hydrogen) atoms. The molecule has 5 aromatic rings. The van der Waals surface area contributed by atoms with E-state index in [1.807, 2.05) is 72.8 Å². The number of carbonyl (C=O) groups excluding carboxylic acids is 3. The number of aliphatic carboxylic acids is 1. The van der Waals surface area contributed by atoms with Crippen LogP contribution in [0.15, 0.2) is 99.8 Å². The number of esters is 1. The van der Waals surface area contributed by atoms with Crippen LogP contribution in [0.25, 0.3) is 21.9 Å². The van der Waals surface area contributed by atoms with Crippen molar-refractivity contribution >= 4 is 45.7 Å². The van der Waals surface area contributed by atoms with E-state index in [4.69, 9.17) is 13.6 Å². The fourth-order valence-corrected chi connectivity index (χ4v) is 6.69. The first-order valence-electron chi connectivity index (χ1n) is 16.8. The van der Waals surface area contributed by atoms with Crippen molar-refractivity contribution in [3.63, 3.8) is 0 Å². The van der Waals surface area contributed by atoms with E-state index >= 15 is 0 Å². The molecule has 0 spiro atoms. The van der Waals surface area contributed by atoms with Crippen LogP contribution < -0.4 is 10.6 Å². The van der Waals surface area contributed by atoms with E-state index in [9.17, 15) is 24.3 Å². The van der Waals surface area contributed by atoms with E-state index < -0.39 is 23.0 Å². The van der Waals surface area contributed by atoms with Crippen molar-refractivity contribution < 1.29 is 37.9 Å². The van der Waals surface area contributed by atoms with Crippen LogP contribution in [0.4, 0.5) is 0 Å². The van der Waals surface area contributed by atoms with Crippen molar-refractivity contribution in [3.8, 4) is 0 Å². The highest BCUT2D eigenvalue weighted by atomic mass is 16.5. The molecule has 2 heterocycles. The van der Waals surface area contributed by atoms with Crippen molar-refractivity contribution in [1.29, 1.82) is 0 Å². The Morgan fingerprint density at radius 2 is 1.06 bits per heavy atom. The van der Waals surface area contributed by atoms with Gasteiger partial charge in [-0.2, -0.15) is 0 Å². The third kappa shape index (κ3) is 7.69. The lowest BCUT2D eigenvalue weighted by Crippen LogP contribution is -2.56. The average Bonchev–Trinajstić information content (AvgIpc) is 3.77. The summed E-state index contributed by atoms with van der Waals surface area (Å²) in [4.78, 5) is 49.7. The second-order valence-electron chi connectivity index (χ2n) is 12.9. The van der Waals surface area contributed by atoms with Gasteiger partial charge in [0, 0.05) is 10.8 Å². The lowest BCUT2D eigenvalue weighted by molar-refractivity contribution is -0.154. The van der Waals surface area contributed by atoms with E-state index in [2.05, 4.69) is 10.6 Å². The Hall–Kier alpha value is -5.38. The molecule has 2 saturated carbocycles. The molecule has 0 atom stereocenters. The predicted molar refractivity (Wildman–Crippen MR) is 183 cm³/mol. The third-order valence-corrected chi connectivity index (χ3v) is 9.43. The maximum Gasteiger partial charge on any atom is 0.332 e. The topological polar surface area (TPSA) is 148 Å². The molecule has 2 aliphatic rings. The molecule has 0 radical (unpaired) electrons. The molecular weight excluding hydrogens is 624 g/mol. The molecule has 3 aromatic carbocycles. The van der Waals surface area contributed by atoms with Crippen LogP contribution >= 0.6 is 0 Å². The van der Waals surface area contributed by atoms with Crippen molar-refractivity contribution in [3.05, 3.63) is 108 Å². The molecule has 2 fully saturated rings. The number of fused-ring (bicyclic) bond motifs is 2. The summed E-state index contributed by atoms with van der Waals surface area (Å²) in [5, 5.41) is 16.8. The normalized spacial score (nSPS) is 16.6. The lowest BCUT2D eigenvalue weighted by Gasteiger charge is -2.35. The monoisotopic (exact) mass is 664 g/mol. The zero-order valence-electron chi connectivity index (χ0n) is 27.2. The Balaban J connectivity index is 0.000000177. The number of hydrogen-bond donors (Lipinski definition) is 3. The van der Waals surface area contributed by atoms with E-state index in [0.717, 1.165) is 54.9 Å². The third-order valence-electron chi connectivity index (χ3n) is 9.43. The van der Waals surface area contributed by atoms with Gasteiger partial charge in [-0.05, 0) is 55.5 Å². The summed E-state index contributed by atoms with van der Waals surface area (Å²) >= 11 is 0. The van der Waals surface area contributed by atoms with Gasteiger partial charge < -0.3 is 29.3 Å². The summed E-state index contributed by atoms with van der Waals surface area (Å²) in [5.74, 6) is -1.82. The Bertz CT molecular complexity index is 1860. The van der Waals surface area contributed by atoms with Gasteiger partial charge in [0.2, 0.25) is 0 Å². The smallest absolute Gasteiger partial charge is 0.332 e. The highest BCUT2D eigenvalue weighted by molar-refractivity contribution is 6.00. The average molecular weight is 665 g/mol. The SMILES string of the molecule is O=C(NC1(C(=O)O)CCCCC1)c1cc2ccccc2o1.O=C(NC1(C(=O)OCc2ccccc2)CCCCC1)c1cc2ccccc2o1. The highest BCUT2D eigenvalue weighted by Crippen LogP contribution is 2.32. The Kier molecular flexibility index (Phi) is 10.1. The molecule has 2 aromatic heterocycles. The molecule has 0 aliphatic heterocycles. The molecule has 2 aliphatic carbocycles. The van der Waals surface area contributed by atoms with E-state index in [1.165, 1.54) is 0 Å². The number of carboxylic acid groups (broad SMARTS) is 1. The number of carboxylic acids is 1. The number of amides is 2. The van der Waals surface area contributed by atoms with Gasteiger partial charge in [0.05, 0.1) is 0 Å². The maximum absolute atomic E-state index is 13.0. The molecular formula is C39H40N2O8. The lowest BCUT2D eigenvalue weighted by atomic mass is 9.81. The zero-order chi connectivity index (χ0) is 34.3. The minimum Gasteiger partial charge on any atom is -0.480 e. The number of rotatable bonds is 8. The molecule has 254 valence electrons. The van der Waals surface area contributed by atoms with Crippen LogP contribution in [-0.2, 0) is 20.9 Å². The number of benzene rings is 3. The van der Waals surface area contributed by atoms with Crippen LogP contribution in [0.5, 0.6) is 0 Å². The minimum atomic E-state index is -1.16. The second-order valence-corrected chi connectivity index (χ2v) is 12.9. The van der Waals surface area contributed by atoms with Gasteiger partial charge >= 0.3 is 11.9 Å². The summed E-state index contributed by atoms with van der Waals surface area (Å²) in [7, 11) is 0. The Morgan fingerprint density at radius 1 is 0.612 bits per heavy atom. The first-order valence-corrected chi connectivity index (χ1v) is 16.8. The maximum atomic E-state index is 13.0. The molecule has 0 saturated heterocycles. The first-order chi connectivity index (χ1) is 23.8. The molecule has 2 amide bonds. The standard InChI is InChI=1S/C23H23NO4.C16H17NO4/c25-21(20-15-18-11-5-6-12-19(18)28-20)24-23(13-7-2-8-14-23)22(26)27-16-17-9-3-1-4-10-17;18-14(13-10-11-6-2-3-7-12(11)21-13)17-16(15(19)20)8-4-1-5-9-16/h1,3-6,9-12,15H,2,7-8,13-14,16H2,(H,24,25);2-3,6-7,10H,1,4-5,8-9H2,(H,17,18)(H,19,20). The van der Waals surface area contributed by atoms with Gasteiger partial charge in [-0.3, -0.25) is 9.59 Å². The number of carbonyl (C=O) groups is 4. The van der Waals surface area contributed by atoms with Gasteiger partial charge in [0.15, 0.2) is 11.5 Å². The largest absolute Gasteiger partial charge is 0.480 e. The molecule has 0 bridgehead atoms. The van der Waals surface area contributed by atoms with Gasteiger partial charge in [-0.25, -0.2) is 9.59 Å². The number of furan rings is 2. The minimum absolute atomic E-state index is 0.155. The quantitative estimate of drug-likeness (QED) is 0.144. The summed E-state index contributed by atoms with van der Waals surface area (Å²) in [6.07, 6.45) is 7.52.